The first kappa shape index (κ1) is 28.6. The lowest BCUT2D eigenvalue weighted by molar-refractivity contribution is -0.127. The lowest BCUT2D eigenvalue weighted by atomic mass is 9.93. The molecule has 2 aliphatic rings. The van der Waals surface area contributed by atoms with Crippen LogP contribution in [-0.4, -0.2) is 68.6 Å². The number of carbonyl (C=O) groups is 3. The van der Waals surface area contributed by atoms with Gasteiger partial charge >= 0.3 is 0 Å². The number of primary amides is 1. The molecular formula is C29H35N9O4. The first-order chi connectivity index (χ1) is 20.2. The van der Waals surface area contributed by atoms with E-state index in [4.69, 9.17) is 10.5 Å². The molecule has 1 aromatic carbocycles. The second-order valence-corrected chi connectivity index (χ2v) is 10.5. The molecule has 220 valence electrons. The van der Waals surface area contributed by atoms with E-state index in [0.717, 1.165) is 37.7 Å². The lowest BCUT2D eigenvalue weighted by Crippen LogP contribution is -2.39. The minimum atomic E-state index is -0.707. The Morgan fingerprint density at radius 2 is 1.95 bits per heavy atom. The normalized spacial score (nSPS) is 16.7. The predicted molar refractivity (Wildman–Crippen MR) is 157 cm³/mol. The predicted octanol–water partition coefficient (Wildman–Crippen LogP) is 3.21. The maximum Gasteiger partial charge on any atom is 0.254 e. The zero-order valence-electron chi connectivity index (χ0n) is 23.7. The number of aromatic nitrogens is 4. The summed E-state index contributed by atoms with van der Waals surface area (Å²) in [5, 5.41) is 13.8. The number of aryl methyl sites for hydroxylation is 1. The number of carbonyl (C=O) groups excluding carboxylic acids is 3. The number of hydrogen-bond acceptors (Lipinski definition) is 9. The molecule has 5 N–H and O–H groups in total. The number of piperidine rings is 1. The van der Waals surface area contributed by atoms with Crippen molar-refractivity contribution in [2.75, 3.05) is 30.8 Å². The molecule has 0 bridgehead atoms. The molecule has 3 heterocycles. The van der Waals surface area contributed by atoms with E-state index in [-0.39, 0.29) is 41.2 Å². The standard InChI is InChI=1S/C29H35N9O4/c1-4-24(39)37-10-6-9-21(16-37)38-15-20(13-32-38)34-29-31-14-22(26(30)40)27(36-29)35-25-17(2)11-18(12-23(25)42-3)28(41)33-19-7-5-8-19/h4,11-15,19,21H,1,5-10,16H2,2-3H3,(H2,30,40)(H,33,41)(H2,31,34,35,36)/t21-/m0/s1. The average Bonchev–Trinajstić information content (AvgIpc) is 3.43. The molecule has 3 amide bonds. The number of hydrogen-bond donors (Lipinski definition) is 4. The summed E-state index contributed by atoms with van der Waals surface area (Å²) < 4.78 is 7.41. The summed E-state index contributed by atoms with van der Waals surface area (Å²) in [5.41, 5.74) is 8.08. The van der Waals surface area contributed by atoms with Gasteiger partial charge in [-0.25, -0.2) is 4.98 Å². The molecule has 2 aromatic heterocycles. The van der Waals surface area contributed by atoms with E-state index in [1.165, 1.54) is 19.4 Å². The van der Waals surface area contributed by atoms with E-state index >= 15 is 0 Å². The third-order valence-corrected chi connectivity index (χ3v) is 7.63. The summed E-state index contributed by atoms with van der Waals surface area (Å²) in [4.78, 5) is 47.6. The van der Waals surface area contributed by atoms with Gasteiger partial charge in [0.25, 0.3) is 11.8 Å². The van der Waals surface area contributed by atoms with Gasteiger partial charge in [0, 0.05) is 37.1 Å². The van der Waals surface area contributed by atoms with E-state index in [0.29, 0.717) is 35.8 Å². The summed E-state index contributed by atoms with van der Waals surface area (Å²) in [6.45, 7) is 6.66. The Labute approximate surface area is 243 Å². The number of rotatable bonds is 10. The van der Waals surface area contributed by atoms with Crippen molar-refractivity contribution in [3.8, 4) is 5.75 Å². The summed E-state index contributed by atoms with van der Waals surface area (Å²) >= 11 is 0. The van der Waals surface area contributed by atoms with Gasteiger partial charge < -0.3 is 31.3 Å². The third kappa shape index (κ3) is 6.19. The molecule has 0 radical (unpaired) electrons. The molecular weight excluding hydrogens is 538 g/mol. The molecule has 1 aliphatic heterocycles. The minimum absolute atomic E-state index is 0.0304. The average molecular weight is 574 g/mol. The van der Waals surface area contributed by atoms with Crippen molar-refractivity contribution in [2.24, 2.45) is 5.73 Å². The van der Waals surface area contributed by atoms with Gasteiger partial charge in [-0.3, -0.25) is 19.1 Å². The van der Waals surface area contributed by atoms with Crippen LogP contribution >= 0.6 is 0 Å². The molecule has 0 unspecified atom stereocenters. The number of anilines is 4. The van der Waals surface area contributed by atoms with Gasteiger partial charge in [0.05, 0.1) is 30.7 Å². The highest BCUT2D eigenvalue weighted by Crippen LogP contribution is 2.34. The van der Waals surface area contributed by atoms with Crippen molar-refractivity contribution in [2.45, 2.75) is 51.1 Å². The number of methoxy groups -OCH3 is 1. The van der Waals surface area contributed by atoms with Crippen LogP contribution in [0.25, 0.3) is 0 Å². The van der Waals surface area contributed by atoms with E-state index in [1.54, 1.807) is 23.2 Å². The van der Waals surface area contributed by atoms with Crippen LogP contribution in [0.4, 0.5) is 23.1 Å². The van der Waals surface area contributed by atoms with Crippen LogP contribution in [0.1, 0.15) is 64.4 Å². The fraction of sp³-hybridized carbons (Fsp3) is 0.379. The van der Waals surface area contributed by atoms with Gasteiger partial charge in [-0.2, -0.15) is 10.1 Å². The SMILES string of the molecule is C=CC(=O)N1CCC[C@H](n2cc(Nc3ncc(C(N)=O)c(Nc4c(C)cc(C(=O)NC5CCC5)cc4OC)n3)cn2)C1. The summed E-state index contributed by atoms with van der Waals surface area (Å²) in [6.07, 6.45) is 11.0. The van der Waals surface area contributed by atoms with E-state index in [2.05, 4.69) is 37.6 Å². The molecule has 1 aliphatic carbocycles. The monoisotopic (exact) mass is 573 g/mol. The third-order valence-electron chi connectivity index (χ3n) is 7.63. The second kappa shape index (κ2) is 12.3. The highest BCUT2D eigenvalue weighted by molar-refractivity contribution is 5.99. The minimum Gasteiger partial charge on any atom is -0.495 e. The Kier molecular flexibility index (Phi) is 8.36. The van der Waals surface area contributed by atoms with Gasteiger partial charge in [-0.1, -0.05) is 6.58 Å². The van der Waals surface area contributed by atoms with Gasteiger partial charge in [-0.05, 0) is 62.8 Å². The van der Waals surface area contributed by atoms with Crippen molar-refractivity contribution in [3.63, 3.8) is 0 Å². The van der Waals surface area contributed by atoms with E-state index in [1.807, 2.05) is 17.8 Å². The zero-order chi connectivity index (χ0) is 29.8. The maximum absolute atomic E-state index is 12.8. The van der Waals surface area contributed by atoms with Crippen molar-refractivity contribution in [1.82, 2.24) is 30.0 Å². The number of nitrogens with one attached hydrogen (secondary N) is 3. The second-order valence-electron chi connectivity index (χ2n) is 10.5. The van der Waals surface area contributed by atoms with Crippen molar-refractivity contribution >= 4 is 40.9 Å². The molecule has 1 saturated heterocycles. The van der Waals surface area contributed by atoms with Crippen LogP contribution in [-0.2, 0) is 4.79 Å². The zero-order valence-corrected chi connectivity index (χ0v) is 23.7. The Hall–Kier alpha value is -4.94. The van der Waals surface area contributed by atoms with Crippen LogP contribution in [0.5, 0.6) is 5.75 Å². The van der Waals surface area contributed by atoms with Gasteiger partial charge in [-0.15, -0.1) is 0 Å². The molecule has 1 saturated carbocycles. The first-order valence-corrected chi connectivity index (χ1v) is 13.9. The largest absolute Gasteiger partial charge is 0.495 e. The number of nitrogens with two attached hydrogens (primary N) is 1. The quantitative estimate of drug-likeness (QED) is 0.266. The fourth-order valence-electron chi connectivity index (χ4n) is 5.10. The number of nitrogens with zero attached hydrogens (tertiary/aromatic N) is 5. The maximum atomic E-state index is 12.8. The molecule has 13 heteroatoms. The molecule has 0 spiro atoms. The van der Waals surface area contributed by atoms with Crippen LogP contribution in [0, 0.1) is 6.92 Å². The molecule has 42 heavy (non-hydrogen) atoms. The van der Waals surface area contributed by atoms with Gasteiger partial charge in [0.1, 0.15) is 17.1 Å². The lowest BCUT2D eigenvalue weighted by Gasteiger charge is -2.32. The van der Waals surface area contributed by atoms with Gasteiger partial charge in [0.15, 0.2) is 0 Å². The van der Waals surface area contributed by atoms with Crippen LogP contribution < -0.4 is 26.4 Å². The smallest absolute Gasteiger partial charge is 0.254 e. The molecule has 1 atom stereocenters. The van der Waals surface area contributed by atoms with Gasteiger partial charge in [0.2, 0.25) is 11.9 Å². The highest BCUT2D eigenvalue weighted by Gasteiger charge is 2.25. The fourth-order valence-corrected chi connectivity index (χ4v) is 5.10. The number of ether oxygens (including phenoxy) is 1. The molecule has 3 aromatic rings. The molecule has 13 nitrogen and oxygen atoms in total. The molecule has 5 rings (SSSR count). The topological polar surface area (TPSA) is 169 Å². The van der Waals surface area contributed by atoms with E-state index in [9.17, 15) is 14.4 Å². The Morgan fingerprint density at radius 3 is 2.64 bits per heavy atom. The Balaban J connectivity index is 1.35. The van der Waals surface area contributed by atoms with Crippen LogP contribution in [0.2, 0.25) is 0 Å². The summed E-state index contributed by atoms with van der Waals surface area (Å²) in [5.74, 6) is -0.163. The summed E-state index contributed by atoms with van der Waals surface area (Å²) in [6, 6.07) is 3.64. The first-order valence-electron chi connectivity index (χ1n) is 13.9. The summed E-state index contributed by atoms with van der Waals surface area (Å²) in [7, 11) is 1.51. The molecule has 2 fully saturated rings. The van der Waals surface area contributed by atoms with E-state index < -0.39 is 5.91 Å². The number of amides is 3. The Morgan fingerprint density at radius 1 is 1.14 bits per heavy atom. The van der Waals surface area contributed by atoms with Crippen LogP contribution in [0.3, 0.4) is 0 Å². The van der Waals surface area contributed by atoms with Crippen molar-refractivity contribution < 1.29 is 19.1 Å². The van der Waals surface area contributed by atoms with Crippen molar-refractivity contribution in [1.29, 1.82) is 0 Å². The van der Waals surface area contributed by atoms with Crippen LogP contribution in [0.15, 0.2) is 43.4 Å². The highest BCUT2D eigenvalue weighted by atomic mass is 16.5. The van der Waals surface area contributed by atoms with Crippen molar-refractivity contribution in [3.05, 3.63) is 60.1 Å². The number of benzene rings is 1. The Bertz CT molecular complexity index is 1510. The number of likely N-dealkylation sites (tertiary alicyclic amines) is 1.